The zero-order valence-corrected chi connectivity index (χ0v) is 92.0. The normalized spacial score (nSPS) is 16.4. The molecule has 0 fully saturated rings. The molecule has 0 saturated heterocycles. The molecule has 3 heterocycles. The van der Waals surface area contributed by atoms with E-state index in [1.807, 2.05) is 56.8 Å². The second kappa shape index (κ2) is 55.6. The molecule has 3 aliphatic rings. The van der Waals surface area contributed by atoms with Crippen molar-refractivity contribution >= 4 is 138 Å². The SMILES string of the molecule is C=CC[Si](C)(C)c1ccc(CBr)cc1.C=CC[Si](C)(C)c1ccc(CO)cc1.C=CC[Si](C)(C)c1ccc(C[C@@H]2N=C(C)[C@@H](C(C)C)N=C2C)cc1.CC(=O)[C@@H](N)Cc1ccc([Si](C)(C)CCCc2ccc(C)cc2)cc1.CC1=N[C@H](C(C)C)C(C)=N[C@H]1Cc1ccc([Si](C)(C)CCCc2ccc(C)cc2)cc1.CC1=N[C@H](C(C)C)C(C)=N[CH-]1.Cc1ccc(Br)cc1.[Li+]. The van der Waals surface area contributed by atoms with E-state index in [9.17, 15) is 4.79 Å². The number of ketones is 1. The minimum Gasteiger partial charge on any atom is -0.447 e. The Balaban J connectivity index is 0.000000325. The number of Topliss-reactive ketones (excluding diaryl/α,β-unsaturated/α-hetero) is 1. The van der Waals surface area contributed by atoms with Gasteiger partial charge in [0.15, 0.2) is 0 Å². The maximum Gasteiger partial charge on any atom is 1.00 e. The van der Waals surface area contributed by atoms with Crippen LogP contribution in [0.4, 0.5) is 0 Å². The van der Waals surface area contributed by atoms with Gasteiger partial charge in [0.25, 0.3) is 0 Å². The van der Waals surface area contributed by atoms with E-state index in [0.29, 0.717) is 30.2 Å². The summed E-state index contributed by atoms with van der Waals surface area (Å²) in [4.78, 5) is 39.9. The number of carbonyl (C=O) groups is 1. The molecule has 8 aromatic rings. The first kappa shape index (κ1) is 113. The molecule has 128 heavy (non-hydrogen) atoms. The number of carbonyl (C=O) groups excluding carboxylic acids is 1. The third-order valence-electron chi connectivity index (χ3n) is 24.9. The number of alkyl halides is 1. The van der Waals surface area contributed by atoms with E-state index < -0.39 is 40.4 Å². The number of nitrogens with two attached hydrogens (primary N) is 1. The molecule has 6 atom stereocenters. The molecule has 17 heteroatoms. The molecule has 9 nitrogen and oxygen atoms in total. The fourth-order valence-corrected chi connectivity index (χ4v) is 27.5. The van der Waals surface area contributed by atoms with Gasteiger partial charge in [-0.2, -0.15) is 0 Å². The van der Waals surface area contributed by atoms with Gasteiger partial charge in [0.05, 0.1) is 77.2 Å². The molecular weight excluding hydrogens is 1770 g/mol. The van der Waals surface area contributed by atoms with Gasteiger partial charge in [-0.05, 0) is 174 Å². The molecular formula is C111H160Br2LiN7O2Si5. The zero-order chi connectivity index (χ0) is 94.6. The number of benzene rings is 8. The van der Waals surface area contributed by atoms with Crippen molar-refractivity contribution in [2.45, 2.75) is 300 Å². The minimum atomic E-state index is -1.43. The largest absolute Gasteiger partial charge is 1.00 e. The number of hydrogen-bond donors (Lipinski definition) is 2. The van der Waals surface area contributed by atoms with Crippen LogP contribution in [0.25, 0.3) is 0 Å². The van der Waals surface area contributed by atoms with E-state index in [4.69, 9.17) is 30.8 Å². The predicted octanol–water partition coefficient (Wildman–Crippen LogP) is 22.9. The van der Waals surface area contributed by atoms with Gasteiger partial charge in [-0.25, -0.2) is 0 Å². The summed E-state index contributed by atoms with van der Waals surface area (Å²) in [6, 6.07) is 77.6. The second-order valence-corrected chi connectivity index (χ2v) is 65.3. The van der Waals surface area contributed by atoms with Gasteiger partial charge in [-0.1, -0.05) is 414 Å². The predicted molar refractivity (Wildman–Crippen MR) is 585 cm³/mol. The molecule has 0 saturated carbocycles. The van der Waals surface area contributed by atoms with Crippen molar-refractivity contribution in [2.24, 2.45) is 53.4 Å². The third-order valence-corrected chi connectivity index (χ3v) is 42.7. The Hall–Kier alpha value is -6.90. The van der Waals surface area contributed by atoms with Crippen LogP contribution >= 0.6 is 31.9 Å². The summed E-state index contributed by atoms with van der Waals surface area (Å²) in [6.07, 6.45) is 13.5. The summed E-state index contributed by atoms with van der Waals surface area (Å²) in [5.41, 5.74) is 25.8. The molecule has 3 N–H and O–H groups in total. The Bertz CT molecular complexity index is 4790. The quantitative estimate of drug-likeness (QED) is 0.0194. The van der Waals surface area contributed by atoms with Gasteiger partial charge in [-0.15, -0.1) is 32.0 Å². The van der Waals surface area contributed by atoms with E-state index in [1.165, 1.54) is 119 Å². The molecule has 0 aromatic heterocycles. The first-order valence-corrected chi connectivity index (χ1v) is 64.4. The molecule has 11 rings (SSSR count). The van der Waals surface area contributed by atoms with Crippen LogP contribution in [0.5, 0.6) is 0 Å². The maximum absolute atomic E-state index is 11.3. The van der Waals surface area contributed by atoms with E-state index in [2.05, 4.69) is 393 Å². The Kier molecular flexibility index (Phi) is 49.2. The number of aliphatic hydroxyl groups is 1. The molecule has 0 spiro atoms. The Morgan fingerprint density at radius 2 is 0.695 bits per heavy atom. The van der Waals surface area contributed by atoms with E-state index >= 15 is 0 Å². The number of aliphatic hydroxyl groups excluding tert-OH is 1. The van der Waals surface area contributed by atoms with Crippen molar-refractivity contribution in [2.75, 3.05) is 0 Å². The fraction of sp³-hybridized carbons (Fsp3) is 0.441. The summed E-state index contributed by atoms with van der Waals surface area (Å²) in [6.45, 7) is 71.4. The number of hydrogen-bond acceptors (Lipinski definition) is 9. The first-order chi connectivity index (χ1) is 59.8. The van der Waals surface area contributed by atoms with Crippen LogP contribution in [0.15, 0.2) is 267 Å². The topological polar surface area (TPSA) is 137 Å². The van der Waals surface area contributed by atoms with Crippen molar-refractivity contribution in [1.29, 1.82) is 0 Å². The summed E-state index contributed by atoms with van der Waals surface area (Å²) in [5, 5.41) is 17.4. The fourth-order valence-electron chi connectivity index (χ4n) is 16.0. The van der Waals surface area contributed by atoms with Crippen molar-refractivity contribution in [3.63, 3.8) is 0 Å². The van der Waals surface area contributed by atoms with Gasteiger partial charge in [0, 0.05) is 51.5 Å². The molecule has 3 aliphatic heterocycles. The summed E-state index contributed by atoms with van der Waals surface area (Å²) >= 11 is 6.80. The van der Waals surface area contributed by atoms with Gasteiger partial charge >= 0.3 is 18.9 Å². The number of aryl methyl sites for hydroxylation is 5. The summed E-state index contributed by atoms with van der Waals surface area (Å²) in [5.74, 6) is 1.63. The van der Waals surface area contributed by atoms with Crippen LogP contribution in [-0.2, 0) is 48.8 Å². The van der Waals surface area contributed by atoms with Crippen LogP contribution in [-0.4, -0.2) is 122 Å². The van der Waals surface area contributed by atoms with Crippen molar-refractivity contribution in [3.05, 3.63) is 299 Å². The van der Waals surface area contributed by atoms with Crippen molar-refractivity contribution in [1.82, 2.24) is 0 Å². The molecule has 0 radical (unpaired) electrons. The molecule has 8 aromatic carbocycles. The van der Waals surface area contributed by atoms with Gasteiger partial charge in [0.1, 0.15) is 5.78 Å². The van der Waals surface area contributed by atoms with E-state index in [0.717, 1.165) is 69.7 Å². The number of aliphatic imine (C=N–C) groups is 6. The number of halogens is 2. The maximum atomic E-state index is 11.3. The third kappa shape index (κ3) is 39.1. The van der Waals surface area contributed by atoms with Crippen LogP contribution < -0.4 is 50.5 Å². The first-order valence-electron chi connectivity index (χ1n) is 46.4. The van der Waals surface area contributed by atoms with Crippen molar-refractivity contribution in [3.8, 4) is 0 Å². The van der Waals surface area contributed by atoms with Gasteiger partial charge < -0.3 is 20.8 Å². The standard InChI is InChI=1S/C28H40N2Si.C22H31NOSi.C21H32N2Si.C12H17BrSi.C12H18OSi.C9H15N2.C7H7Br.Li/c1-20(2)28-23(5)29-27(22(4)30-28)19-25-14-16-26(17-15-25)31(6,7)18-8-9-24-12-10-21(3)11-13-24;1-17-7-9-19(10-8-17)6-5-15-25(3,4)21-13-11-20(12-14-21)16-22(23)18(2)24;1-8-13-24(6,7)19-11-9-18(10-12-19)14-20-16(4)23-21(15(2)3)17(5)22-20;2*1-4-9-14(2,3)12-7-5-11(10-13)6-8-12;1-6(2)9-8(4)10-5-7(3)11-9;1-6-2-4-7(8)5-3-6;/h10-17,20,27-28H,8-9,18-19H2,1-7H3;7-14,22H,5-6,15-16,23H2,1-4H3;8-12,15,20-21H,1,13-14H2,2-7H3;4-8H,1,9-10H2,2-3H3;4-8,13H,1,9-10H2,2-3H3;5-6,9H,1-4H3;2-5H,1H3;/q;;;;;-1;;+1/t27-,28+;22-;20-,21+;;;9-;;/m000..1../s1. The zero-order valence-electron chi connectivity index (χ0n) is 83.9. The second-order valence-electron chi connectivity index (χ2n) is 39.8. The van der Waals surface area contributed by atoms with Gasteiger partial charge in [0.2, 0.25) is 0 Å². The average Bonchev–Trinajstić information content (AvgIpc) is 0.835. The van der Waals surface area contributed by atoms with Crippen LogP contribution in [0.1, 0.15) is 158 Å². The number of allylic oxidation sites excluding steroid dienone is 3. The van der Waals surface area contributed by atoms with Crippen molar-refractivity contribution < 1.29 is 28.8 Å². The molecule has 0 unspecified atom stereocenters. The Morgan fingerprint density at radius 1 is 0.406 bits per heavy atom. The molecule has 0 amide bonds. The summed E-state index contributed by atoms with van der Waals surface area (Å²) < 4.78 is 1.14. The average molecular weight is 1930 g/mol. The Labute approximate surface area is 811 Å². The smallest absolute Gasteiger partial charge is 0.447 e. The van der Waals surface area contributed by atoms with E-state index in [-0.39, 0.29) is 61.5 Å². The van der Waals surface area contributed by atoms with Crippen LogP contribution in [0, 0.1) is 45.1 Å². The van der Waals surface area contributed by atoms with Crippen LogP contribution in [0.3, 0.4) is 0 Å². The van der Waals surface area contributed by atoms with E-state index in [1.54, 1.807) is 12.1 Å². The minimum absolute atomic E-state index is 0. The Morgan fingerprint density at radius 3 is 0.984 bits per heavy atom. The van der Waals surface area contributed by atoms with Gasteiger partial charge in [-0.3, -0.25) is 24.8 Å². The number of nitrogens with zero attached hydrogens (tertiary/aromatic N) is 6. The number of rotatable bonds is 31. The molecule has 0 bridgehead atoms. The summed E-state index contributed by atoms with van der Waals surface area (Å²) in [7, 11) is -6.78. The molecule has 686 valence electrons. The monoisotopic (exact) mass is 1930 g/mol. The molecule has 0 aliphatic carbocycles. The van der Waals surface area contributed by atoms with Crippen LogP contribution in [0.2, 0.25) is 95.7 Å².